The molecule has 0 saturated carbocycles. The number of benzene rings is 2. The molecule has 0 N–H and O–H groups in total. The second-order valence-electron chi connectivity index (χ2n) is 5.65. The molecule has 4 nitrogen and oxygen atoms in total. The molecule has 1 atom stereocenters. The first-order valence-electron chi connectivity index (χ1n) is 6.99. The summed E-state index contributed by atoms with van der Waals surface area (Å²) in [6.45, 7) is 3.43. The fraction of sp³-hybridized carbons (Fsp3) is 0.176. The Morgan fingerprint density at radius 1 is 1.23 bits per heavy atom. The molecule has 0 spiro atoms. The number of aromatic nitrogens is 1. The maximum Gasteiger partial charge on any atom is 0.284 e. The second kappa shape index (κ2) is 4.23. The topological polar surface area (TPSA) is 52.3 Å². The molecule has 5 heteroatoms. The van der Waals surface area contributed by atoms with Crippen molar-refractivity contribution in [1.82, 2.24) is 4.98 Å². The lowest BCUT2D eigenvalue weighted by molar-refractivity contribution is 0.227. The van der Waals surface area contributed by atoms with Gasteiger partial charge < -0.3 is 9.15 Å². The molecular formula is C17H12BNO3. The van der Waals surface area contributed by atoms with Crippen LogP contribution >= 0.6 is 0 Å². The van der Waals surface area contributed by atoms with Gasteiger partial charge >= 0.3 is 0 Å². The molecule has 0 saturated heterocycles. The van der Waals surface area contributed by atoms with Crippen molar-refractivity contribution in [3.63, 3.8) is 0 Å². The maximum atomic E-state index is 12.4. The van der Waals surface area contributed by atoms with Gasteiger partial charge in [-0.15, -0.1) is 0 Å². The number of ether oxygens (including phenoxy) is 1. The number of fused-ring (bicyclic) bond motifs is 6. The summed E-state index contributed by atoms with van der Waals surface area (Å²) in [7, 11) is 6.06. The summed E-state index contributed by atoms with van der Waals surface area (Å²) < 4.78 is 11.7. The molecule has 2 aromatic carbocycles. The van der Waals surface area contributed by atoms with Crippen LogP contribution in [0.4, 0.5) is 0 Å². The Morgan fingerprint density at radius 2 is 1.95 bits per heavy atom. The van der Waals surface area contributed by atoms with Gasteiger partial charge in [0.25, 0.3) is 5.56 Å². The van der Waals surface area contributed by atoms with Crippen LogP contribution < -0.4 is 10.3 Å². The Labute approximate surface area is 127 Å². The predicted octanol–water partition coefficient (Wildman–Crippen LogP) is 2.94. The predicted molar refractivity (Wildman–Crippen MR) is 86.3 cm³/mol. The monoisotopic (exact) mass is 289 g/mol. The summed E-state index contributed by atoms with van der Waals surface area (Å²) in [6.07, 6.45) is 3.53. The minimum Gasteiger partial charge on any atom is -0.492 e. The number of hydrogen-bond donors (Lipinski definition) is 0. The fourth-order valence-corrected chi connectivity index (χ4v) is 2.85. The van der Waals surface area contributed by atoms with E-state index in [-0.39, 0.29) is 5.56 Å². The normalized spacial score (nSPS) is 20.1. The summed E-state index contributed by atoms with van der Waals surface area (Å²) >= 11 is 0. The van der Waals surface area contributed by atoms with Gasteiger partial charge in [0.2, 0.25) is 0 Å². The van der Waals surface area contributed by atoms with Crippen molar-refractivity contribution in [2.75, 3.05) is 0 Å². The van der Waals surface area contributed by atoms with Crippen molar-refractivity contribution < 1.29 is 9.15 Å². The summed E-state index contributed by atoms with van der Waals surface area (Å²) in [6, 6.07) is 7.63. The lowest BCUT2D eigenvalue weighted by atomic mass is 9.80. The molecule has 0 fully saturated rings. The minimum atomic E-state index is -0.915. The van der Waals surface area contributed by atoms with Crippen molar-refractivity contribution >= 4 is 35.7 Å². The quantitative estimate of drug-likeness (QED) is 0.471. The molecule has 2 radical (unpaired) electrons. The summed E-state index contributed by atoms with van der Waals surface area (Å²) in [5.74, 6) is 0.931. The van der Waals surface area contributed by atoms with Gasteiger partial charge in [0.1, 0.15) is 13.6 Å². The first-order valence-corrected chi connectivity index (χ1v) is 6.99. The minimum absolute atomic E-state index is 0.324. The second-order valence-corrected chi connectivity index (χ2v) is 5.65. The molecule has 2 heterocycles. The van der Waals surface area contributed by atoms with E-state index in [4.69, 9.17) is 17.0 Å². The highest BCUT2D eigenvalue weighted by Crippen LogP contribution is 2.41. The third-order valence-corrected chi connectivity index (χ3v) is 3.78. The molecule has 1 unspecified atom stereocenters. The van der Waals surface area contributed by atoms with E-state index in [0.29, 0.717) is 28.2 Å². The molecule has 0 aliphatic carbocycles. The Hall–Kier alpha value is -2.56. The van der Waals surface area contributed by atoms with Gasteiger partial charge in [0.15, 0.2) is 11.5 Å². The Balaban J connectivity index is 2.30. The molecule has 1 aliphatic heterocycles. The van der Waals surface area contributed by atoms with E-state index < -0.39 is 5.50 Å². The zero-order valence-corrected chi connectivity index (χ0v) is 12.2. The van der Waals surface area contributed by atoms with E-state index in [2.05, 4.69) is 4.98 Å². The van der Waals surface area contributed by atoms with E-state index in [1.807, 2.05) is 30.3 Å². The van der Waals surface area contributed by atoms with Crippen LogP contribution in [0.15, 0.2) is 39.6 Å². The smallest absolute Gasteiger partial charge is 0.284 e. The lowest BCUT2D eigenvalue weighted by Crippen LogP contribution is -2.32. The molecule has 22 heavy (non-hydrogen) atoms. The van der Waals surface area contributed by atoms with Crippen molar-refractivity contribution in [1.29, 1.82) is 0 Å². The van der Waals surface area contributed by atoms with Crippen LogP contribution in [0.25, 0.3) is 27.8 Å². The highest BCUT2D eigenvalue weighted by atomic mass is 16.5. The Kier molecular flexibility index (Phi) is 2.52. The van der Waals surface area contributed by atoms with Crippen molar-refractivity contribution in [2.24, 2.45) is 0 Å². The van der Waals surface area contributed by atoms with E-state index in [1.54, 1.807) is 19.9 Å². The van der Waals surface area contributed by atoms with Crippen LogP contribution in [-0.4, -0.2) is 18.3 Å². The highest BCUT2D eigenvalue weighted by Gasteiger charge is 2.27. The summed E-state index contributed by atoms with van der Waals surface area (Å²) in [5.41, 5.74) is -0.0462. The first kappa shape index (κ1) is 13.1. The zero-order valence-electron chi connectivity index (χ0n) is 12.2. The van der Waals surface area contributed by atoms with Crippen molar-refractivity contribution in [3.8, 4) is 5.75 Å². The first-order chi connectivity index (χ1) is 10.5. The molecular weight excluding hydrogens is 277 g/mol. The van der Waals surface area contributed by atoms with Crippen LogP contribution in [0.2, 0.25) is 0 Å². The SMILES string of the molecule is [B]C1(C)C=Cc2c(c3ccccc3c3oc(C)nc(=O)c23)O1. The molecule has 1 aromatic heterocycles. The molecule has 1 aliphatic rings. The van der Waals surface area contributed by atoms with Gasteiger partial charge in [-0.05, 0) is 6.92 Å². The molecule has 0 amide bonds. The van der Waals surface area contributed by atoms with Gasteiger partial charge in [0, 0.05) is 23.3 Å². The third kappa shape index (κ3) is 1.78. The van der Waals surface area contributed by atoms with Crippen LogP contribution in [-0.2, 0) is 0 Å². The highest BCUT2D eigenvalue weighted by molar-refractivity contribution is 6.18. The van der Waals surface area contributed by atoms with Crippen LogP contribution in [0.5, 0.6) is 5.75 Å². The van der Waals surface area contributed by atoms with Crippen molar-refractivity contribution in [3.05, 3.63) is 52.1 Å². The van der Waals surface area contributed by atoms with Crippen LogP contribution in [0.3, 0.4) is 0 Å². The van der Waals surface area contributed by atoms with Gasteiger partial charge in [0.05, 0.1) is 10.9 Å². The lowest BCUT2D eigenvalue weighted by Gasteiger charge is -2.30. The number of aryl methyl sites for hydroxylation is 1. The Morgan fingerprint density at radius 3 is 2.73 bits per heavy atom. The molecule has 3 aromatic rings. The molecule has 106 valence electrons. The molecule has 0 bridgehead atoms. The number of hydrogen-bond acceptors (Lipinski definition) is 4. The summed E-state index contributed by atoms with van der Waals surface area (Å²) in [4.78, 5) is 16.3. The summed E-state index contributed by atoms with van der Waals surface area (Å²) in [5, 5.41) is 2.09. The Bertz CT molecular complexity index is 1020. The van der Waals surface area contributed by atoms with E-state index in [9.17, 15) is 4.79 Å². The zero-order chi connectivity index (χ0) is 15.5. The van der Waals surface area contributed by atoms with Crippen LogP contribution in [0.1, 0.15) is 18.4 Å². The van der Waals surface area contributed by atoms with Crippen molar-refractivity contribution in [2.45, 2.75) is 19.3 Å². The van der Waals surface area contributed by atoms with Gasteiger partial charge in [-0.2, -0.15) is 4.98 Å². The average Bonchev–Trinajstić information content (AvgIpc) is 2.46. The van der Waals surface area contributed by atoms with Gasteiger partial charge in [-0.1, -0.05) is 36.4 Å². The standard InChI is InChI=1S/C17H12BNO3/c1-9-19-16(20)13-12-7-8-17(2,18)22-14(12)10-5-3-4-6-11(10)15(13)21-9/h3-8H,1-2H3. The third-order valence-electron chi connectivity index (χ3n) is 3.78. The van der Waals surface area contributed by atoms with Crippen LogP contribution in [0, 0.1) is 6.92 Å². The molecule has 4 rings (SSSR count). The van der Waals surface area contributed by atoms with E-state index >= 15 is 0 Å². The average molecular weight is 289 g/mol. The van der Waals surface area contributed by atoms with E-state index in [0.717, 1.165) is 10.8 Å². The van der Waals surface area contributed by atoms with E-state index in [1.165, 1.54) is 0 Å². The largest absolute Gasteiger partial charge is 0.492 e. The fourth-order valence-electron chi connectivity index (χ4n) is 2.85. The number of nitrogens with zero attached hydrogens (tertiary/aromatic N) is 1. The maximum absolute atomic E-state index is 12.4. The van der Waals surface area contributed by atoms with Gasteiger partial charge in [-0.3, -0.25) is 4.79 Å². The van der Waals surface area contributed by atoms with Gasteiger partial charge in [-0.25, -0.2) is 0 Å². The number of rotatable bonds is 0.